The lowest BCUT2D eigenvalue weighted by atomic mass is 9.87. The molecule has 2 aromatic carbocycles. The van der Waals surface area contributed by atoms with Gasteiger partial charge < -0.3 is 10.1 Å². The highest BCUT2D eigenvalue weighted by Gasteiger charge is 2.22. The molecule has 0 aliphatic carbocycles. The molecule has 0 unspecified atom stereocenters. The number of carbonyl (C=O) groups is 1. The topological polar surface area (TPSA) is 72.5 Å². The number of ether oxygens (including phenoxy) is 1. The number of carbonyl (C=O) groups excluding carboxylic acids is 1. The maximum absolute atomic E-state index is 12.8. The Hall–Kier alpha value is -2.34. The first kappa shape index (κ1) is 20.0. The van der Waals surface area contributed by atoms with Crippen LogP contribution in [0.5, 0.6) is 5.75 Å². The van der Waals surface area contributed by atoms with Crippen LogP contribution in [0.2, 0.25) is 0 Å². The average Bonchev–Trinajstić information content (AvgIpc) is 2.60. The monoisotopic (exact) mass is 375 g/mol. The van der Waals surface area contributed by atoms with E-state index in [9.17, 15) is 13.2 Å². The van der Waals surface area contributed by atoms with E-state index in [4.69, 9.17) is 4.74 Å². The molecule has 2 aromatic rings. The molecular weight excluding hydrogens is 350 g/mol. The predicted octanol–water partition coefficient (Wildman–Crippen LogP) is 4.04. The van der Waals surface area contributed by atoms with Crippen LogP contribution in [0, 0.1) is 0 Å². The molecule has 0 atom stereocenters. The molecule has 0 aliphatic rings. The Kier molecular flexibility index (Phi) is 5.76. The number of hydrogen-bond acceptors (Lipinski definition) is 4. The molecule has 6 heteroatoms. The van der Waals surface area contributed by atoms with Crippen molar-refractivity contribution in [2.45, 2.75) is 38.0 Å². The zero-order valence-electron chi connectivity index (χ0n) is 15.8. The SMILES string of the molecule is CCS(=O)(=O)c1ccccc1C(=O)Nc1cc(C(C)(C)C)ccc1OC. The molecule has 1 amide bonds. The van der Waals surface area contributed by atoms with Crippen molar-refractivity contribution in [2.75, 3.05) is 18.2 Å². The zero-order chi connectivity index (χ0) is 19.5. The van der Waals surface area contributed by atoms with E-state index in [0.717, 1.165) is 5.56 Å². The summed E-state index contributed by atoms with van der Waals surface area (Å²) in [4.78, 5) is 12.8. The first-order chi connectivity index (χ1) is 12.1. The van der Waals surface area contributed by atoms with Crippen LogP contribution >= 0.6 is 0 Å². The van der Waals surface area contributed by atoms with E-state index in [-0.39, 0.29) is 21.6 Å². The van der Waals surface area contributed by atoms with Gasteiger partial charge >= 0.3 is 0 Å². The second-order valence-electron chi connectivity index (χ2n) is 7.02. The van der Waals surface area contributed by atoms with E-state index in [1.54, 1.807) is 25.1 Å². The van der Waals surface area contributed by atoms with Gasteiger partial charge in [0, 0.05) is 0 Å². The summed E-state index contributed by atoms with van der Waals surface area (Å²) in [7, 11) is -1.98. The van der Waals surface area contributed by atoms with Crippen molar-refractivity contribution in [2.24, 2.45) is 0 Å². The fraction of sp³-hybridized carbons (Fsp3) is 0.350. The Balaban J connectivity index is 2.46. The highest BCUT2D eigenvalue weighted by atomic mass is 32.2. The van der Waals surface area contributed by atoms with Crippen molar-refractivity contribution >= 4 is 21.4 Å². The van der Waals surface area contributed by atoms with Crippen LogP contribution in [0.25, 0.3) is 0 Å². The van der Waals surface area contributed by atoms with Crippen molar-refractivity contribution in [1.29, 1.82) is 0 Å². The zero-order valence-corrected chi connectivity index (χ0v) is 16.6. The van der Waals surface area contributed by atoms with Gasteiger partial charge in [-0.15, -0.1) is 0 Å². The lowest BCUT2D eigenvalue weighted by molar-refractivity contribution is 0.102. The minimum absolute atomic E-state index is 0.0333. The highest BCUT2D eigenvalue weighted by Crippen LogP contribution is 2.32. The van der Waals surface area contributed by atoms with Gasteiger partial charge in [0.15, 0.2) is 9.84 Å². The normalized spacial score (nSPS) is 11.9. The maximum atomic E-state index is 12.8. The van der Waals surface area contributed by atoms with Crippen LogP contribution in [0.3, 0.4) is 0 Å². The van der Waals surface area contributed by atoms with Crippen LogP contribution in [0.4, 0.5) is 5.69 Å². The van der Waals surface area contributed by atoms with E-state index >= 15 is 0 Å². The molecule has 0 radical (unpaired) electrons. The van der Waals surface area contributed by atoms with Crippen molar-refractivity contribution in [3.63, 3.8) is 0 Å². The summed E-state index contributed by atoms with van der Waals surface area (Å²) in [5.41, 5.74) is 1.56. The third-order valence-corrected chi connectivity index (χ3v) is 5.95. The van der Waals surface area contributed by atoms with Gasteiger partial charge in [0.25, 0.3) is 5.91 Å². The molecule has 0 aromatic heterocycles. The molecule has 0 heterocycles. The number of hydrogen-bond donors (Lipinski definition) is 1. The summed E-state index contributed by atoms with van der Waals surface area (Å²) in [5, 5.41) is 2.80. The average molecular weight is 375 g/mol. The molecule has 0 spiro atoms. The van der Waals surface area contributed by atoms with Crippen LogP contribution < -0.4 is 10.1 Å². The number of sulfone groups is 1. The van der Waals surface area contributed by atoms with E-state index in [0.29, 0.717) is 11.4 Å². The summed E-state index contributed by atoms with van der Waals surface area (Å²) in [6.45, 7) is 7.77. The quantitative estimate of drug-likeness (QED) is 0.856. The lowest BCUT2D eigenvalue weighted by Gasteiger charge is -2.21. The molecule has 140 valence electrons. The largest absolute Gasteiger partial charge is 0.495 e. The predicted molar refractivity (Wildman–Crippen MR) is 104 cm³/mol. The summed E-state index contributed by atoms with van der Waals surface area (Å²) in [5.74, 6) is -0.0377. The van der Waals surface area contributed by atoms with E-state index in [1.807, 2.05) is 12.1 Å². The lowest BCUT2D eigenvalue weighted by Crippen LogP contribution is -2.18. The second kappa shape index (κ2) is 7.50. The van der Waals surface area contributed by atoms with Crippen LogP contribution in [-0.4, -0.2) is 27.2 Å². The molecule has 0 bridgehead atoms. The van der Waals surface area contributed by atoms with Gasteiger partial charge in [0.1, 0.15) is 5.75 Å². The molecule has 26 heavy (non-hydrogen) atoms. The Morgan fingerprint density at radius 2 is 1.77 bits per heavy atom. The summed E-state index contributed by atoms with van der Waals surface area (Å²) in [6.07, 6.45) is 0. The van der Waals surface area contributed by atoms with Crippen molar-refractivity contribution < 1.29 is 17.9 Å². The minimum atomic E-state index is -3.51. The van der Waals surface area contributed by atoms with Crippen molar-refractivity contribution in [3.8, 4) is 5.75 Å². The standard InChI is InChI=1S/C20H25NO4S/c1-6-26(23,24)18-10-8-7-9-15(18)19(22)21-16-13-14(20(2,3)4)11-12-17(16)25-5/h7-13H,6H2,1-5H3,(H,21,22). The minimum Gasteiger partial charge on any atom is -0.495 e. The Bertz CT molecular complexity index is 912. The second-order valence-corrected chi connectivity index (χ2v) is 9.27. The van der Waals surface area contributed by atoms with Gasteiger partial charge in [-0.05, 0) is 35.2 Å². The van der Waals surface area contributed by atoms with E-state index in [1.165, 1.54) is 19.2 Å². The molecule has 1 N–H and O–H groups in total. The third kappa shape index (κ3) is 4.25. The fourth-order valence-electron chi connectivity index (χ4n) is 2.54. The van der Waals surface area contributed by atoms with E-state index in [2.05, 4.69) is 26.1 Å². The summed E-state index contributed by atoms with van der Waals surface area (Å²) < 4.78 is 29.9. The van der Waals surface area contributed by atoms with Gasteiger partial charge in [0.2, 0.25) is 0 Å². The highest BCUT2D eigenvalue weighted by molar-refractivity contribution is 7.91. The fourth-order valence-corrected chi connectivity index (χ4v) is 3.64. The Morgan fingerprint density at radius 3 is 2.35 bits per heavy atom. The molecule has 0 saturated heterocycles. The van der Waals surface area contributed by atoms with Gasteiger partial charge in [-0.1, -0.05) is 45.9 Å². The Labute approximate surface area is 155 Å². The summed E-state index contributed by atoms with van der Waals surface area (Å²) >= 11 is 0. The molecular formula is C20H25NO4S. The number of rotatable bonds is 5. The molecule has 2 rings (SSSR count). The first-order valence-electron chi connectivity index (χ1n) is 8.42. The maximum Gasteiger partial charge on any atom is 0.257 e. The van der Waals surface area contributed by atoms with E-state index < -0.39 is 15.7 Å². The third-order valence-electron chi connectivity index (χ3n) is 4.16. The van der Waals surface area contributed by atoms with Gasteiger partial charge in [-0.3, -0.25) is 4.79 Å². The molecule has 0 saturated carbocycles. The van der Waals surface area contributed by atoms with Gasteiger partial charge in [-0.25, -0.2) is 8.42 Å². The summed E-state index contributed by atoms with van der Waals surface area (Å²) in [6, 6.07) is 11.8. The molecule has 0 aliphatic heterocycles. The number of nitrogens with one attached hydrogen (secondary N) is 1. The molecule has 0 fully saturated rings. The van der Waals surface area contributed by atoms with Crippen LogP contribution in [-0.2, 0) is 15.3 Å². The van der Waals surface area contributed by atoms with Gasteiger partial charge in [0.05, 0.1) is 29.0 Å². The smallest absolute Gasteiger partial charge is 0.257 e. The number of amides is 1. The van der Waals surface area contributed by atoms with Crippen LogP contribution in [0.15, 0.2) is 47.4 Å². The number of anilines is 1. The van der Waals surface area contributed by atoms with Gasteiger partial charge in [-0.2, -0.15) is 0 Å². The number of benzene rings is 2. The number of methoxy groups -OCH3 is 1. The van der Waals surface area contributed by atoms with Crippen molar-refractivity contribution in [3.05, 3.63) is 53.6 Å². The van der Waals surface area contributed by atoms with Crippen molar-refractivity contribution in [1.82, 2.24) is 0 Å². The molecule has 5 nitrogen and oxygen atoms in total. The Morgan fingerprint density at radius 1 is 1.12 bits per heavy atom. The van der Waals surface area contributed by atoms with Crippen LogP contribution in [0.1, 0.15) is 43.6 Å². The first-order valence-corrected chi connectivity index (χ1v) is 10.1.